The fraction of sp³-hybridized carbons (Fsp3) is 0.714. The van der Waals surface area contributed by atoms with Crippen molar-refractivity contribution in [3.8, 4) is 0 Å². The number of oxime groups is 1. The molecular formula is C7H11NO6. The number of aliphatic hydroxyl groups excluding tert-OH is 2. The molecule has 0 spiro atoms. The van der Waals surface area contributed by atoms with Gasteiger partial charge in [-0.05, 0) is 0 Å². The van der Waals surface area contributed by atoms with Crippen LogP contribution in [0.2, 0.25) is 0 Å². The zero-order valence-electron chi connectivity index (χ0n) is 7.16. The van der Waals surface area contributed by atoms with Gasteiger partial charge in [0, 0.05) is 12.8 Å². The average Bonchev–Trinajstić information content (AvgIpc) is 2.11. The van der Waals surface area contributed by atoms with E-state index in [9.17, 15) is 20.1 Å². The van der Waals surface area contributed by atoms with Crippen LogP contribution in [0, 0.1) is 0 Å². The quantitative estimate of drug-likeness (QED) is 0.252. The highest BCUT2D eigenvalue weighted by Gasteiger charge is 2.47. The molecular weight excluding hydrogens is 194 g/mol. The molecule has 3 unspecified atom stereocenters. The van der Waals surface area contributed by atoms with Crippen LogP contribution in [0.3, 0.4) is 0 Å². The molecule has 0 saturated heterocycles. The maximum absolute atomic E-state index is 10.6. The van der Waals surface area contributed by atoms with Crippen LogP contribution in [0.1, 0.15) is 12.8 Å². The van der Waals surface area contributed by atoms with E-state index in [-0.39, 0.29) is 5.71 Å². The summed E-state index contributed by atoms with van der Waals surface area (Å²) < 4.78 is 0. The first-order valence-electron chi connectivity index (χ1n) is 3.93. The Balaban J connectivity index is 2.93. The summed E-state index contributed by atoms with van der Waals surface area (Å²) in [5.74, 6) is -1.52. The number of aliphatic carboxylic acids is 1. The van der Waals surface area contributed by atoms with Gasteiger partial charge in [-0.25, -0.2) is 4.79 Å². The monoisotopic (exact) mass is 205 g/mol. The summed E-state index contributed by atoms with van der Waals surface area (Å²) in [7, 11) is 0. The second-order valence-corrected chi connectivity index (χ2v) is 3.32. The van der Waals surface area contributed by atoms with Gasteiger partial charge in [-0.15, -0.1) is 0 Å². The number of carboxylic acid groups (broad SMARTS) is 1. The minimum Gasteiger partial charge on any atom is -0.479 e. The Labute approximate surface area is 78.9 Å². The van der Waals surface area contributed by atoms with Gasteiger partial charge in [-0.3, -0.25) is 0 Å². The van der Waals surface area contributed by atoms with Crippen molar-refractivity contribution in [2.75, 3.05) is 0 Å². The molecule has 0 aromatic heterocycles. The minimum absolute atomic E-state index is 0.339. The van der Waals surface area contributed by atoms with Crippen LogP contribution >= 0.6 is 0 Å². The lowest BCUT2D eigenvalue weighted by atomic mass is 9.80. The average molecular weight is 205 g/mol. The molecule has 14 heavy (non-hydrogen) atoms. The first-order valence-corrected chi connectivity index (χ1v) is 3.93. The van der Waals surface area contributed by atoms with E-state index in [4.69, 9.17) is 10.3 Å². The van der Waals surface area contributed by atoms with E-state index in [1.807, 2.05) is 0 Å². The molecule has 1 rings (SSSR count). The third-order valence-corrected chi connectivity index (χ3v) is 2.25. The van der Waals surface area contributed by atoms with Crippen LogP contribution in [0.4, 0.5) is 0 Å². The molecule has 0 aromatic rings. The molecule has 0 bridgehead atoms. The second-order valence-electron chi connectivity index (χ2n) is 3.32. The zero-order chi connectivity index (χ0) is 10.9. The van der Waals surface area contributed by atoms with E-state index in [1.165, 1.54) is 0 Å². The third-order valence-electron chi connectivity index (χ3n) is 2.25. The van der Waals surface area contributed by atoms with Crippen LogP contribution in [-0.2, 0) is 4.79 Å². The van der Waals surface area contributed by atoms with Crippen LogP contribution in [0.5, 0.6) is 0 Å². The summed E-state index contributed by atoms with van der Waals surface area (Å²) >= 11 is 0. The van der Waals surface area contributed by atoms with E-state index in [0.29, 0.717) is 0 Å². The molecule has 0 radical (unpaired) electrons. The van der Waals surface area contributed by atoms with E-state index >= 15 is 0 Å². The molecule has 3 atom stereocenters. The fourth-order valence-electron chi connectivity index (χ4n) is 1.41. The zero-order valence-corrected chi connectivity index (χ0v) is 7.16. The van der Waals surface area contributed by atoms with Gasteiger partial charge in [0.2, 0.25) is 0 Å². The largest absolute Gasteiger partial charge is 0.479 e. The summed E-state index contributed by atoms with van der Waals surface area (Å²) in [6.45, 7) is 0. The molecule has 7 heteroatoms. The second kappa shape index (κ2) is 3.52. The first kappa shape index (κ1) is 10.9. The van der Waals surface area contributed by atoms with Gasteiger partial charge in [-0.2, -0.15) is 0 Å². The van der Waals surface area contributed by atoms with E-state index < -0.39 is 36.6 Å². The van der Waals surface area contributed by atoms with Crippen molar-refractivity contribution in [2.24, 2.45) is 5.16 Å². The summed E-state index contributed by atoms with van der Waals surface area (Å²) in [6, 6.07) is 0. The highest BCUT2D eigenvalue weighted by atomic mass is 16.4. The molecule has 1 aliphatic rings. The number of carboxylic acids is 1. The first-order chi connectivity index (χ1) is 6.40. The molecule has 0 aliphatic heterocycles. The lowest BCUT2D eigenvalue weighted by molar-refractivity contribution is -0.164. The van der Waals surface area contributed by atoms with Gasteiger partial charge in [0.05, 0.1) is 11.8 Å². The van der Waals surface area contributed by atoms with Gasteiger partial charge in [-0.1, -0.05) is 5.16 Å². The van der Waals surface area contributed by atoms with E-state index in [2.05, 4.69) is 5.16 Å². The summed E-state index contributed by atoms with van der Waals surface area (Å²) in [5, 5.41) is 47.6. The van der Waals surface area contributed by atoms with Gasteiger partial charge in [0.1, 0.15) is 6.10 Å². The number of hydrogen-bond acceptors (Lipinski definition) is 6. The van der Waals surface area contributed by atoms with Gasteiger partial charge >= 0.3 is 5.97 Å². The number of rotatable bonds is 1. The van der Waals surface area contributed by atoms with Gasteiger partial charge in [0.15, 0.2) is 5.60 Å². The standard InChI is InChI=1S/C7H11NO6/c9-4-2-7(13,6(11)12)1-3(8-14)5(4)10/h4-5,9-10,13-14H,1-2H2,(H,11,12). The normalized spacial score (nSPS) is 41.2. The predicted molar refractivity (Wildman–Crippen MR) is 43.1 cm³/mol. The molecule has 80 valence electrons. The molecule has 1 saturated carbocycles. The maximum atomic E-state index is 10.6. The number of nitrogens with zero attached hydrogens (tertiary/aromatic N) is 1. The van der Waals surface area contributed by atoms with Crippen molar-refractivity contribution in [1.82, 2.24) is 0 Å². The Bertz CT molecular complexity index is 277. The lowest BCUT2D eigenvalue weighted by Gasteiger charge is -2.34. The Morgan fingerprint density at radius 1 is 1.50 bits per heavy atom. The highest BCUT2D eigenvalue weighted by Crippen LogP contribution is 2.27. The Hall–Kier alpha value is -1.18. The lowest BCUT2D eigenvalue weighted by Crippen LogP contribution is -2.54. The molecule has 0 heterocycles. The predicted octanol–water partition coefficient (Wildman–Crippen LogP) is -1.85. The molecule has 5 N–H and O–H groups in total. The topological polar surface area (TPSA) is 131 Å². The Kier molecular flexibility index (Phi) is 2.74. The van der Waals surface area contributed by atoms with Crippen molar-refractivity contribution >= 4 is 11.7 Å². The number of aliphatic hydroxyl groups is 3. The van der Waals surface area contributed by atoms with Crippen LogP contribution in [0.25, 0.3) is 0 Å². The summed E-state index contributed by atoms with van der Waals surface area (Å²) in [4.78, 5) is 10.6. The van der Waals surface area contributed by atoms with Crippen LogP contribution in [0.15, 0.2) is 5.16 Å². The number of hydrogen-bond donors (Lipinski definition) is 5. The van der Waals surface area contributed by atoms with Crippen LogP contribution in [-0.4, -0.2) is 55.1 Å². The third kappa shape index (κ3) is 1.69. The van der Waals surface area contributed by atoms with Gasteiger partial charge < -0.3 is 25.6 Å². The van der Waals surface area contributed by atoms with Crippen molar-refractivity contribution in [1.29, 1.82) is 0 Å². The Morgan fingerprint density at radius 3 is 2.50 bits per heavy atom. The van der Waals surface area contributed by atoms with Crippen molar-refractivity contribution in [3.05, 3.63) is 0 Å². The van der Waals surface area contributed by atoms with E-state index in [1.54, 1.807) is 0 Å². The minimum atomic E-state index is -2.18. The molecule has 0 aromatic carbocycles. The highest BCUT2D eigenvalue weighted by molar-refractivity contribution is 5.95. The summed E-state index contributed by atoms with van der Waals surface area (Å²) in [5.41, 5.74) is -2.52. The smallest absolute Gasteiger partial charge is 0.336 e. The van der Waals surface area contributed by atoms with Crippen LogP contribution < -0.4 is 0 Å². The van der Waals surface area contributed by atoms with Gasteiger partial charge in [0.25, 0.3) is 0 Å². The van der Waals surface area contributed by atoms with E-state index in [0.717, 1.165) is 0 Å². The molecule has 7 nitrogen and oxygen atoms in total. The number of carbonyl (C=O) groups is 1. The molecule has 0 amide bonds. The molecule has 1 fully saturated rings. The van der Waals surface area contributed by atoms with Crippen molar-refractivity contribution in [3.63, 3.8) is 0 Å². The maximum Gasteiger partial charge on any atom is 0.336 e. The Morgan fingerprint density at radius 2 is 2.07 bits per heavy atom. The SMILES string of the molecule is O=C(O)C1(O)CC(=NO)C(O)C(O)C1. The van der Waals surface area contributed by atoms with Crippen molar-refractivity contribution in [2.45, 2.75) is 30.7 Å². The fourth-order valence-corrected chi connectivity index (χ4v) is 1.41. The van der Waals surface area contributed by atoms with Crippen molar-refractivity contribution < 1.29 is 30.4 Å². The molecule has 1 aliphatic carbocycles. The summed E-state index contributed by atoms with van der Waals surface area (Å²) in [6.07, 6.45) is -3.88.